The van der Waals surface area contributed by atoms with E-state index in [2.05, 4.69) is 20.6 Å². The molecule has 0 spiro atoms. The minimum atomic E-state index is -0.437. The van der Waals surface area contributed by atoms with Crippen LogP contribution in [0.5, 0.6) is 0 Å². The zero-order valence-electron chi connectivity index (χ0n) is 15.7. The summed E-state index contributed by atoms with van der Waals surface area (Å²) in [5.74, 6) is 0.544. The molecule has 10 heteroatoms. The van der Waals surface area contributed by atoms with Crippen LogP contribution in [-0.2, 0) is 16.0 Å². The number of nitrogens with zero attached hydrogens (tertiary/aromatic N) is 2. The van der Waals surface area contributed by atoms with E-state index >= 15 is 0 Å². The van der Waals surface area contributed by atoms with Crippen LogP contribution in [0.2, 0.25) is 0 Å². The number of aliphatic hydroxyl groups excluding tert-OH is 1. The number of carbonyl (C=O) groups excluding carboxylic acids is 2. The highest BCUT2D eigenvalue weighted by Crippen LogP contribution is 2.39. The first-order chi connectivity index (χ1) is 12.7. The number of hydrogen-bond acceptors (Lipinski definition) is 5. The number of nitrogens with one attached hydrogen (secondary N) is 3. The highest BCUT2D eigenvalue weighted by Gasteiger charge is 2.50. The lowest BCUT2D eigenvalue weighted by molar-refractivity contribution is -0.157. The van der Waals surface area contributed by atoms with Gasteiger partial charge in [0.1, 0.15) is 6.04 Å². The second-order valence-electron chi connectivity index (χ2n) is 7.79. The average molecular weight is 434 g/mol. The van der Waals surface area contributed by atoms with Gasteiger partial charge in [-0.25, -0.2) is 4.98 Å². The Labute approximate surface area is 177 Å². The van der Waals surface area contributed by atoms with Crippen molar-refractivity contribution in [1.29, 1.82) is 0 Å². The maximum Gasteiger partial charge on any atom is 0.243 e. The fourth-order valence-electron chi connectivity index (χ4n) is 4.96. The van der Waals surface area contributed by atoms with Crippen LogP contribution >= 0.6 is 24.8 Å². The van der Waals surface area contributed by atoms with Gasteiger partial charge >= 0.3 is 0 Å². The Kier molecular flexibility index (Phi) is 8.12. The van der Waals surface area contributed by atoms with Crippen LogP contribution in [0.25, 0.3) is 0 Å². The van der Waals surface area contributed by atoms with Crippen LogP contribution in [0, 0.1) is 11.8 Å². The van der Waals surface area contributed by atoms with Gasteiger partial charge in [-0.1, -0.05) is 0 Å². The quantitative estimate of drug-likeness (QED) is 0.532. The number of hydrogen-bond donors (Lipinski definition) is 4. The van der Waals surface area contributed by atoms with E-state index in [9.17, 15) is 14.7 Å². The number of imidazole rings is 1. The van der Waals surface area contributed by atoms with Gasteiger partial charge in [0.25, 0.3) is 0 Å². The van der Waals surface area contributed by atoms with E-state index in [1.165, 1.54) is 0 Å². The van der Waals surface area contributed by atoms with Crippen LogP contribution in [0.3, 0.4) is 0 Å². The Balaban J connectivity index is 0.00000140. The van der Waals surface area contributed by atoms with Gasteiger partial charge in [0.05, 0.1) is 19.0 Å². The molecule has 4 N–H and O–H groups in total. The minimum Gasteiger partial charge on any atom is -0.394 e. The number of piperidine rings is 3. The van der Waals surface area contributed by atoms with Crippen molar-refractivity contribution in [2.45, 2.75) is 50.2 Å². The average Bonchev–Trinajstić information content (AvgIpc) is 3.15. The molecular weight excluding hydrogens is 405 g/mol. The number of fused-ring (bicyclic) bond motifs is 4. The third-order valence-corrected chi connectivity index (χ3v) is 6.10. The van der Waals surface area contributed by atoms with Crippen LogP contribution in [0.15, 0.2) is 12.5 Å². The highest BCUT2D eigenvalue weighted by molar-refractivity contribution is 5.89. The van der Waals surface area contributed by atoms with Crippen molar-refractivity contribution in [2.75, 3.05) is 19.7 Å². The van der Waals surface area contributed by atoms with Gasteiger partial charge in [-0.2, -0.15) is 0 Å². The second kappa shape index (κ2) is 9.91. The Morgan fingerprint density at radius 1 is 1.36 bits per heavy atom. The first-order valence-corrected chi connectivity index (χ1v) is 9.57. The molecule has 2 bridgehead atoms. The molecule has 1 aromatic rings. The van der Waals surface area contributed by atoms with E-state index in [-0.39, 0.29) is 55.2 Å². The molecule has 0 aromatic carbocycles. The van der Waals surface area contributed by atoms with Gasteiger partial charge in [-0.15, -0.1) is 24.8 Å². The molecule has 3 aliphatic heterocycles. The molecule has 3 saturated heterocycles. The number of aromatic amines is 1. The monoisotopic (exact) mass is 433 g/mol. The molecule has 4 rings (SSSR count). The standard InChI is InChI=1S/C18H27N5O3.2ClH/c24-9-14(5-13-8-20-10-21-13)22-18(26)17-12-4-11(6-19-7-12)15-2-1-3-16(25)23(15)17;;/h8,10-12,14-15,17,19,24H,1-7,9H2,(H,20,21)(H,22,26);2*1H/t11-,12+,14+,15+,17-;;/m1../s1. The van der Waals surface area contributed by atoms with Crippen molar-refractivity contribution in [3.8, 4) is 0 Å². The third kappa shape index (κ3) is 4.45. The number of amides is 2. The second-order valence-corrected chi connectivity index (χ2v) is 7.79. The fraction of sp³-hybridized carbons (Fsp3) is 0.722. The first kappa shape index (κ1) is 22.9. The molecular formula is C18H29Cl2N5O3. The number of aliphatic hydroxyl groups is 1. The Bertz CT molecular complexity index is 660. The zero-order valence-corrected chi connectivity index (χ0v) is 17.3. The summed E-state index contributed by atoms with van der Waals surface area (Å²) >= 11 is 0. The van der Waals surface area contributed by atoms with E-state index in [1.807, 2.05) is 4.90 Å². The molecule has 0 aliphatic carbocycles. The molecule has 8 nitrogen and oxygen atoms in total. The molecule has 3 aliphatic rings. The van der Waals surface area contributed by atoms with Crippen LogP contribution in [0.4, 0.5) is 0 Å². The van der Waals surface area contributed by atoms with E-state index in [1.54, 1.807) is 12.5 Å². The summed E-state index contributed by atoms with van der Waals surface area (Å²) in [5.41, 5.74) is 0.860. The summed E-state index contributed by atoms with van der Waals surface area (Å²) < 4.78 is 0. The fourth-order valence-corrected chi connectivity index (χ4v) is 4.96. The Morgan fingerprint density at radius 3 is 2.86 bits per heavy atom. The number of H-pyrrole nitrogens is 1. The number of aromatic nitrogens is 2. The molecule has 3 fully saturated rings. The van der Waals surface area contributed by atoms with Crippen molar-refractivity contribution in [3.05, 3.63) is 18.2 Å². The molecule has 0 radical (unpaired) electrons. The third-order valence-electron chi connectivity index (χ3n) is 6.10. The Morgan fingerprint density at radius 2 is 2.14 bits per heavy atom. The van der Waals surface area contributed by atoms with E-state index in [0.717, 1.165) is 38.0 Å². The van der Waals surface area contributed by atoms with Gasteiger partial charge in [-0.3, -0.25) is 9.59 Å². The predicted molar refractivity (Wildman–Crippen MR) is 109 cm³/mol. The number of carbonyl (C=O) groups is 2. The summed E-state index contributed by atoms with van der Waals surface area (Å²) in [6, 6.07) is -0.667. The van der Waals surface area contributed by atoms with Crippen molar-refractivity contribution < 1.29 is 14.7 Å². The molecule has 1 aromatic heterocycles. The lowest BCUT2D eigenvalue weighted by Crippen LogP contribution is -2.68. The summed E-state index contributed by atoms with van der Waals surface area (Å²) in [7, 11) is 0. The first-order valence-electron chi connectivity index (χ1n) is 9.57. The molecule has 5 atom stereocenters. The number of halogens is 2. The van der Waals surface area contributed by atoms with Crippen molar-refractivity contribution in [3.63, 3.8) is 0 Å². The maximum atomic E-state index is 13.1. The van der Waals surface area contributed by atoms with Gasteiger partial charge in [0.2, 0.25) is 11.8 Å². The normalized spacial score (nSPS) is 29.8. The van der Waals surface area contributed by atoms with E-state index in [0.29, 0.717) is 18.8 Å². The van der Waals surface area contributed by atoms with Gasteiger partial charge in [0, 0.05) is 43.2 Å². The molecule has 4 heterocycles. The summed E-state index contributed by atoms with van der Waals surface area (Å²) in [4.78, 5) is 34.6. The summed E-state index contributed by atoms with van der Waals surface area (Å²) in [6.45, 7) is 1.54. The van der Waals surface area contributed by atoms with Crippen LogP contribution in [-0.4, -0.2) is 69.6 Å². The highest BCUT2D eigenvalue weighted by atomic mass is 35.5. The largest absolute Gasteiger partial charge is 0.394 e. The van der Waals surface area contributed by atoms with Crippen LogP contribution < -0.4 is 10.6 Å². The molecule has 0 saturated carbocycles. The zero-order chi connectivity index (χ0) is 18.1. The number of rotatable bonds is 5. The summed E-state index contributed by atoms with van der Waals surface area (Å²) in [5, 5.41) is 16.1. The predicted octanol–water partition coefficient (Wildman–Crippen LogP) is 0.262. The lowest BCUT2D eigenvalue weighted by atomic mass is 9.72. The van der Waals surface area contributed by atoms with Gasteiger partial charge < -0.3 is 25.6 Å². The van der Waals surface area contributed by atoms with Crippen molar-refractivity contribution in [1.82, 2.24) is 25.5 Å². The molecule has 158 valence electrons. The maximum absolute atomic E-state index is 13.1. The van der Waals surface area contributed by atoms with Gasteiger partial charge in [0.15, 0.2) is 0 Å². The van der Waals surface area contributed by atoms with Crippen molar-refractivity contribution in [2.24, 2.45) is 11.8 Å². The SMILES string of the molecule is Cl.Cl.O=C(N[C@H](CO)Cc1cnc[nH]1)[C@H]1[C@@H]2CNC[C@@H](C2)[C@@H]2CCCC(=O)N21. The Hall–Kier alpha value is -1.35. The summed E-state index contributed by atoms with van der Waals surface area (Å²) in [6.07, 6.45) is 7.17. The lowest BCUT2D eigenvalue weighted by Gasteiger charge is -2.54. The molecule has 28 heavy (non-hydrogen) atoms. The van der Waals surface area contributed by atoms with Crippen LogP contribution in [0.1, 0.15) is 31.4 Å². The van der Waals surface area contributed by atoms with E-state index < -0.39 is 12.1 Å². The molecule has 2 amide bonds. The topological polar surface area (TPSA) is 110 Å². The van der Waals surface area contributed by atoms with E-state index in [4.69, 9.17) is 0 Å². The van der Waals surface area contributed by atoms with Crippen molar-refractivity contribution >= 4 is 36.6 Å². The smallest absolute Gasteiger partial charge is 0.243 e. The molecule has 0 unspecified atom stereocenters. The van der Waals surface area contributed by atoms with Gasteiger partial charge in [-0.05, 0) is 31.7 Å². The minimum absolute atomic E-state index is 0.